The summed E-state index contributed by atoms with van der Waals surface area (Å²) in [6.07, 6.45) is -0.832. The summed E-state index contributed by atoms with van der Waals surface area (Å²) in [5.74, 6) is 0.343. The fourth-order valence-corrected chi connectivity index (χ4v) is 3.58. The molecule has 0 bridgehead atoms. The minimum Gasteiger partial charge on any atom is -0.485 e. The second kappa shape index (κ2) is 7.01. The van der Waals surface area contributed by atoms with Crippen molar-refractivity contribution in [1.82, 2.24) is 10.3 Å². The molecule has 23 heavy (non-hydrogen) atoms. The van der Waals surface area contributed by atoms with Crippen LogP contribution in [0.15, 0.2) is 34.0 Å². The molecule has 1 aromatic carbocycles. The molecule has 0 spiro atoms. The summed E-state index contributed by atoms with van der Waals surface area (Å²) in [5, 5.41) is 4.24. The van der Waals surface area contributed by atoms with Crippen LogP contribution in [0.25, 0.3) is 0 Å². The molecule has 1 atom stereocenters. The van der Waals surface area contributed by atoms with Gasteiger partial charge in [0.05, 0.1) is 5.75 Å². The average molecular weight is 350 g/mol. The highest BCUT2D eigenvalue weighted by Gasteiger charge is 2.28. The maximum atomic E-state index is 12.1. The number of hydrogen-bond acceptors (Lipinski definition) is 7. The number of nitrogens with zero attached hydrogens (tertiary/aromatic N) is 1. The zero-order chi connectivity index (χ0) is 16.2. The lowest BCUT2D eigenvalue weighted by molar-refractivity contribution is -0.135. The molecule has 120 valence electrons. The van der Waals surface area contributed by atoms with Gasteiger partial charge in [-0.05, 0) is 19.1 Å². The van der Waals surface area contributed by atoms with Crippen molar-refractivity contribution < 1.29 is 19.1 Å². The van der Waals surface area contributed by atoms with Gasteiger partial charge < -0.3 is 9.47 Å². The molecule has 1 N–H and O–H groups in total. The minimum atomic E-state index is -0.832. The van der Waals surface area contributed by atoms with Crippen LogP contribution in [-0.4, -0.2) is 35.3 Å². The summed E-state index contributed by atoms with van der Waals surface area (Å²) < 4.78 is 11.8. The fourth-order valence-electron chi connectivity index (χ4n) is 1.93. The number of imide groups is 1. The van der Waals surface area contributed by atoms with Gasteiger partial charge in [-0.3, -0.25) is 14.9 Å². The fraction of sp³-hybridized carbons (Fsp3) is 0.267. The van der Waals surface area contributed by atoms with Crippen LogP contribution >= 0.6 is 23.1 Å². The first kappa shape index (κ1) is 15.8. The van der Waals surface area contributed by atoms with Crippen LogP contribution in [0.5, 0.6) is 11.5 Å². The smallest absolute Gasteiger partial charge is 0.271 e. The molecule has 0 saturated heterocycles. The van der Waals surface area contributed by atoms with E-state index in [1.54, 1.807) is 18.2 Å². The number of fused-ring (bicyclic) bond motifs is 1. The zero-order valence-electron chi connectivity index (χ0n) is 12.3. The molecular formula is C15H14N2O4S2. The van der Waals surface area contributed by atoms with Gasteiger partial charge in [-0.15, -0.1) is 11.3 Å². The highest BCUT2D eigenvalue weighted by atomic mass is 32.2. The van der Waals surface area contributed by atoms with Crippen molar-refractivity contribution >= 4 is 34.9 Å². The van der Waals surface area contributed by atoms with E-state index in [-0.39, 0.29) is 18.3 Å². The van der Waals surface area contributed by atoms with Crippen molar-refractivity contribution in [3.63, 3.8) is 0 Å². The van der Waals surface area contributed by atoms with E-state index < -0.39 is 12.0 Å². The average Bonchev–Trinajstić information content (AvgIpc) is 2.98. The van der Waals surface area contributed by atoms with Crippen LogP contribution in [0, 0.1) is 6.92 Å². The number of nitrogens with one attached hydrogen (secondary N) is 1. The Morgan fingerprint density at radius 3 is 2.91 bits per heavy atom. The number of thioether (sulfide) groups is 1. The van der Waals surface area contributed by atoms with Crippen molar-refractivity contribution in [2.24, 2.45) is 0 Å². The number of thiazole rings is 1. The molecule has 8 heteroatoms. The maximum absolute atomic E-state index is 12.1. The van der Waals surface area contributed by atoms with E-state index in [1.807, 2.05) is 18.4 Å². The Kier molecular flexibility index (Phi) is 4.82. The van der Waals surface area contributed by atoms with Crippen LogP contribution in [-0.2, 0) is 9.59 Å². The molecule has 1 aliphatic rings. The van der Waals surface area contributed by atoms with Gasteiger partial charge in [-0.2, -0.15) is 0 Å². The number of aromatic nitrogens is 1. The van der Waals surface area contributed by atoms with E-state index in [0.29, 0.717) is 11.5 Å². The Bertz CT molecular complexity index is 732. The topological polar surface area (TPSA) is 77.5 Å². The number of rotatable bonds is 4. The van der Waals surface area contributed by atoms with Gasteiger partial charge in [0.1, 0.15) is 6.61 Å². The van der Waals surface area contributed by atoms with Gasteiger partial charge in [0.25, 0.3) is 5.91 Å². The van der Waals surface area contributed by atoms with Crippen LogP contribution in [0.1, 0.15) is 5.69 Å². The van der Waals surface area contributed by atoms with Crippen LogP contribution in [0.4, 0.5) is 0 Å². The zero-order valence-corrected chi connectivity index (χ0v) is 13.9. The Hall–Kier alpha value is -2.06. The summed E-state index contributed by atoms with van der Waals surface area (Å²) in [5.41, 5.74) is 0.917. The molecule has 6 nitrogen and oxygen atoms in total. The SMILES string of the molecule is Cc1csc(SCC(=O)NC(=O)C2COc3ccccc3O2)n1. The van der Waals surface area contributed by atoms with Crippen LogP contribution in [0.3, 0.4) is 0 Å². The number of amides is 2. The van der Waals surface area contributed by atoms with Gasteiger partial charge in [0, 0.05) is 11.1 Å². The Balaban J connectivity index is 1.50. The third-order valence-corrected chi connectivity index (χ3v) is 5.13. The van der Waals surface area contributed by atoms with E-state index in [4.69, 9.17) is 9.47 Å². The third-order valence-electron chi connectivity index (χ3n) is 2.99. The lowest BCUT2D eigenvalue weighted by Gasteiger charge is -2.25. The number of ether oxygens (including phenoxy) is 2. The van der Waals surface area contributed by atoms with Crippen LogP contribution < -0.4 is 14.8 Å². The van der Waals surface area contributed by atoms with Gasteiger partial charge >= 0.3 is 0 Å². The quantitative estimate of drug-likeness (QED) is 0.850. The van der Waals surface area contributed by atoms with Crippen molar-refractivity contribution in [1.29, 1.82) is 0 Å². The second-order valence-corrected chi connectivity index (χ2v) is 6.90. The van der Waals surface area contributed by atoms with E-state index in [2.05, 4.69) is 10.3 Å². The Morgan fingerprint density at radius 2 is 2.17 bits per heavy atom. The highest BCUT2D eigenvalue weighted by Crippen LogP contribution is 2.30. The predicted octanol–water partition coefficient (Wildman–Crippen LogP) is 2.03. The first-order valence-corrected chi connectivity index (χ1v) is 8.75. The highest BCUT2D eigenvalue weighted by molar-refractivity contribution is 8.01. The third kappa shape index (κ3) is 4.02. The van der Waals surface area contributed by atoms with Crippen LogP contribution in [0.2, 0.25) is 0 Å². The molecular weight excluding hydrogens is 336 g/mol. The largest absolute Gasteiger partial charge is 0.485 e. The van der Waals surface area contributed by atoms with E-state index >= 15 is 0 Å². The number of hydrogen-bond donors (Lipinski definition) is 1. The maximum Gasteiger partial charge on any atom is 0.271 e. The number of benzene rings is 1. The van der Waals surface area contributed by atoms with Gasteiger partial charge in [-0.1, -0.05) is 23.9 Å². The standard InChI is InChI=1S/C15H14N2O4S2/c1-9-7-22-15(16-9)23-8-13(18)17-14(19)12-6-20-10-4-2-3-5-11(10)21-12/h2-5,7,12H,6,8H2,1H3,(H,17,18,19). The second-order valence-electron chi connectivity index (χ2n) is 4.82. The Morgan fingerprint density at radius 1 is 1.39 bits per heavy atom. The summed E-state index contributed by atoms with van der Waals surface area (Å²) in [7, 11) is 0. The first-order chi connectivity index (χ1) is 11.1. The lowest BCUT2D eigenvalue weighted by Crippen LogP contribution is -2.46. The van der Waals surface area contributed by atoms with E-state index in [9.17, 15) is 9.59 Å². The molecule has 0 aliphatic carbocycles. The molecule has 2 amide bonds. The number of carbonyl (C=O) groups excluding carboxylic acids is 2. The van der Waals surface area contributed by atoms with Crippen molar-refractivity contribution in [2.75, 3.05) is 12.4 Å². The molecule has 1 aromatic heterocycles. The molecule has 2 aromatic rings. The molecule has 2 heterocycles. The molecule has 1 aliphatic heterocycles. The number of para-hydroxylation sites is 2. The van der Waals surface area contributed by atoms with Crippen molar-refractivity contribution in [3.8, 4) is 11.5 Å². The number of aryl methyl sites for hydroxylation is 1. The van der Waals surface area contributed by atoms with E-state index in [1.165, 1.54) is 23.1 Å². The van der Waals surface area contributed by atoms with Gasteiger partial charge in [-0.25, -0.2) is 4.98 Å². The van der Waals surface area contributed by atoms with Gasteiger partial charge in [0.15, 0.2) is 15.8 Å². The molecule has 0 fully saturated rings. The molecule has 0 radical (unpaired) electrons. The first-order valence-electron chi connectivity index (χ1n) is 6.89. The summed E-state index contributed by atoms with van der Waals surface area (Å²) in [4.78, 5) is 28.2. The summed E-state index contributed by atoms with van der Waals surface area (Å²) in [6.45, 7) is 1.97. The number of carbonyl (C=O) groups is 2. The summed E-state index contributed by atoms with van der Waals surface area (Å²) in [6, 6.07) is 7.10. The predicted molar refractivity (Wildman–Crippen MR) is 87.1 cm³/mol. The molecule has 1 unspecified atom stereocenters. The molecule has 3 rings (SSSR count). The normalized spacial score (nSPS) is 16.0. The van der Waals surface area contributed by atoms with Gasteiger partial charge in [0.2, 0.25) is 12.0 Å². The van der Waals surface area contributed by atoms with Crippen molar-refractivity contribution in [3.05, 3.63) is 35.3 Å². The minimum absolute atomic E-state index is 0.0783. The molecule has 0 saturated carbocycles. The summed E-state index contributed by atoms with van der Waals surface area (Å²) >= 11 is 2.77. The Labute approximate surface area is 141 Å². The lowest BCUT2D eigenvalue weighted by atomic mass is 10.2. The van der Waals surface area contributed by atoms with E-state index in [0.717, 1.165) is 10.0 Å². The van der Waals surface area contributed by atoms with Crippen molar-refractivity contribution in [2.45, 2.75) is 17.4 Å². The monoisotopic (exact) mass is 350 g/mol.